The Morgan fingerprint density at radius 3 is 2.52 bits per heavy atom. The number of fused-ring (bicyclic) bond motifs is 1. The molecule has 8 heteroatoms. The number of nitrogens with zero attached hydrogens (tertiary/aromatic N) is 4. The minimum atomic E-state index is -0.368. The fourth-order valence-electron chi connectivity index (χ4n) is 2.84. The summed E-state index contributed by atoms with van der Waals surface area (Å²) in [7, 11) is 3.09. The van der Waals surface area contributed by atoms with Gasteiger partial charge in [0, 0.05) is 27.2 Å². The highest BCUT2D eigenvalue weighted by atomic mass is 16.2. The van der Waals surface area contributed by atoms with Crippen molar-refractivity contribution >= 4 is 17.1 Å². The molecule has 1 aliphatic rings. The molecule has 3 N–H and O–H groups in total. The summed E-state index contributed by atoms with van der Waals surface area (Å²) in [5.74, 6) is 1.21. The van der Waals surface area contributed by atoms with Gasteiger partial charge in [-0.2, -0.15) is 4.98 Å². The molecule has 0 radical (unpaired) electrons. The number of nitrogens with two attached hydrogens (primary N) is 1. The molecule has 0 unspecified atom stereocenters. The van der Waals surface area contributed by atoms with Gasteiger partial charge in [-0.1, -0.05) is 0 Å². The van der Waals surface area contributed by atoms with Gasteiger partial charge in [-0.15, -0.1) is 0 Å². The van der Waals surface area contributed by atoms with Crippen LogP contribution in [0, 0.1) is 5.92 Å². The van der Waals surface area contributed by atoms with Gasteiger partial charge in [-0.25, -0.2) is 4.79 Å². The van der Waals surface area contributed by atoms with Crippen LogP contribution in [0.5, 0.6) is 0 Å². The Morgan fingerprint density at radius 2 is 1.90 bits per heavy atom. The summed E-state index contributed by atoms with van der Waals surface area (Å²) in [6, 6.07) is 0. The van der Waals surface area contributed by atoms with Crippen molar-refractivity contribution in [3.63, 3.8) is 0 Å². The fraction of sp³-hybridized carbons (Fsp3) is 0.615. The third kappa shape index (κ3) is 2.15. The van der Waals surface area contributed by atoms with Crippen molar-refractivity contribution in [1.29, 1.82) is 0 Å². The lowest BCUT2D eigenvalue weighted by Gasteiger charge is -2.30. The number of hydrogen-bond acceptors (Lipinski definition) is 5. The maximum Gasteiger partial charge on any atom is 0.332 e. The average Bonchev–Trinajstić information content (AvgIpc) is 2.96. The fourth-order valence-corrected chi connectivity index (χ4v) is 2.84. The molecule has 1 aliphatic heterocycles. The quantitative estimate of drug-likeness (QED) is 0.749. The predicted molar refractivity (Wildman–Crippen MR) is 80.6 cm³/mol. The third-order valence-corrected chi connectivity index (χ3v) is 4.33. The average molecular weight is 292 g/mol. The van der Waals surface area contributed by atoms with E-state index < -0.39 is 0 Å². The molecule has 0 atom stereocenters. The van der Waals surface area contributed by atoms with Crippen molar-refractivity contribution in [2.24, 2.45) is 25.7 Å². The number of H-pyrrole nitrogens is 1. The number of aromatic amines is 1. The third-order valence-electron chi connectivity index (χ3n) is 4.33. The van der Waals surface area contributed by atoms with Crippen LogP contribution in [0.4, 0.5) is 5.95 Å². The van der Waals surface area contributed by atoms with Crippen molar-refractivity contribution < 1.29 is 0 Å². The molecule has 0 amide bonds. The monoisotopic (exact) mass is 292 g/mol. The Morgan fingerprint density at radius 1 is 1.24 bits per heavy atom. The van der Waals surface area contributed by atoms with Crippen LogP contribution in [-0.2, 0) is 14.1 Å². The second-order valence-electron chi connectivity index (χ2n) is 5.63. The first-order chi connectivity index (χ1) is 10.0. The van der Waals surface area contributed by atoms with E-state index in [1.165, 1.54) is 11.6 Å². The second kappa shape index (κ2) is 5.03. The van der Waals surface area contributed by atoms with Crippen molar-refractivity contribution in [2.75, 3.05) is 24.5 Å². The summed E-state index contributed by atoms with van der Waals surface area (Å²) in [5.41, 5.74) is 5.76. The summed E-state index contributed by atoms with van der Waals surface area (Å²) >= 11 is 0. The number of aromatic nitrogens is 4. The van der Waals surface area contributed by atoms with Crippen molar-refractivity contribution in [3.05, 3.63) is 20.8 Å². The largest absolute Gasteiger partial charge is 0.342 e. The highest BCUT2D eigenvalue weighted by Crippen LogP contribution is 2.21. The number of aryl methyl sites for hydroxylation is 1. The Labute approximate surface area is 121 Å². The summed E-state index contributed by atoms with van der Waals surface area (Å²) in [6.07, 6.45) is 2.04. The maximum absolute atomic E-state index is 12.1. The maximum atomic E-state index is 12.1. The van der Waals surface area contributed by atoms with Crippen LogP contribution in [0.25, 0.3) is 11.2 Å². The van der Waals surface area contributed by atoms with E-state index in [1.54, 1.807) is 7.05 Å². The smallest absolute Gasteiger partial charge is 0.332 e. The van der Waals surface area contributed by atoms with E-state index in [0.29, 0.717) is 29.6 Å². The van der Waals surface area contributed by atoms with Gasteiger partial charge in [0.15, 0.2) is 11.2 Å². The SMILES string of the molecule is Cn1c(=O)c2[nH]c(N3CCC(CN)CC3)nc2n(C)c1=O. The Hall–Kier alpha value is -2.09. The molecule has 1 fully saturated rings. The van der Waals surface area contributed by atoms with E-state index in [4.69, 9.17) is 5.73 Å². The molecule has 1 saturated heterocycles. The van der Waals surface area contributed by atoms with Crippen LogP contribution in [0.15, 0.2) is 9.59 Å². The minimum Gasteiger partial charge on any atom is -0.342 e. The number of hydrogen-bond donors (Lipinski definition) is 2. The molecular weight excluding hydrogens is 272 g/mol. The van der Waals surface area contributed by atoms with Crippen molar-refractivity contribution in [3.8, 4) is 0 Å². The van der Waals surface area contributed by atoms with E-state index >= 15 is 0 Å². The first-order valence-electron chi connectivity index (χ1n) is 7.13. The zero-order valence-corrected chi connectivity index (χ0v) is 12.3. The summed E-state index contributed by atoms with van der Waals surface area (Å²) in [6.45, 7) is 2.43. The van der Waals surface area contributed by atoms with Gasteiger partial charge in [0.05, 0.1) is 0 Å². The summed E-state index contributed by atoms with van der Waals surface area (Å²) in [4.78, 5) is 33.7. The Kier molecular flexibility index (Phi) is 3.32. The normalized spacial score (nSPS) is 16.8. The predicted octanol–water partition coefficient (Wildman–Crippen LogP) is -0.865. The Balaban J connectivity index is 2.03. The lowest BCUT2D eigenvalue weighted by atomic mass is 9.97. The standard InChI is InChI=1S/C13H20N6O2/c1-17-10-9(11(20)18(2)13(17)21)15-12(16-10)19-5-3-8(7-14)4-6-19/h8H,3-7,14H2,1-2H3,(H,15,16). The number of rotatable bonds is 2. The zero-order chi connectivity index (χ0) is 15.1. The molecular formula is C13H20N6O2. The molecule has 0 saturated carbocycles. The van der Waals surface area contributed by atoms with Crippen molar-refractivity contribution in [2.45, 2.75) is 12.8 Å². The van der Waals surface area contributed by atoms with Crippen LogP contribution in [-0.4, -0.2) is 38.7 Å². The van der Waals surface area contributed by atoms with Crippen LogP contribution >= 0.6 is 0 Å². The number of imidazole rings is 1. The number of nitrogens with one attached hydrogen (secondary N) is 1. The lowest BCUT2D eigenvalue weighted by Crippen LogP contribution is -2.37. The van der Waals surface area contributed by atoms with E-state index in [2.05, 4.69) is 14.9 Å². The van der Waals surface area contributed by atoms with Gasteiger partial charge >= 0.3 is 5.69 Å². The molecule has 114 valence electrons. The second-order valence-corrected chi connectivity index (χ2v) is 5.63. The van der Waals surface area contributed by atoms with Crippen LogP contribution < -0.4 is 21.9 Å². The molecule has 0 bridgehead atoms. The first-order valence-corrected chi connectivity index (χ1v) is 7.13. The molecule has 2 aromatic rings. The molecule has 2 aromatic heterocycles. The minimum absolute atomic E-state index is 0.344. The number of piperidine rings is 1. The van der Waals surface area contributed by atoms with Crippen LogP contribution in [0.1, 0.15) is 12.8 Å². The number of anilines is 1. The van der Waals surface area contributed by atoms with E-state index in [-0.39, 0.29) is 11.2 Å². The van der Waals surface area contributed by atoms with Crippen LogP contribution in [0.3, 0.4) is 0 Å². The molecule has 0 aliphatic carbocycles. The van der Waals surface area contributed by atoms with Gasteiger partial charge in [0.2, 0.25) is 5.95 Å². The first kappa shape index (κ1) is 13.9. The lowest BCUT2D eigenvalue weighted by molar-refractivity contribution is 0.412. The van der Waals surface area contributed by atoms with Gasteiger partial charge in [0.25, 0.3) is 5.56 Å². The topological polar surface area (TPSA) is 102 Å². The highest BCUT2D eigenvalue weighted by Gasteiger charge is 2.22. The van der Waals surface area contributed by atoms with Crippen LogP contribution in [0.2, 0.25) is 0 Å². The molecule has 21 heavy (non-hydrogen) atoms. The summed E-state index contributed by atoms with van der Waals surface area (Å²) < 4.78 is 2.48. The van der Waals surface area contributed by atoms with Gasteiger partial charge in [0.1, 0.15) is 0 Å². The zero-order valence-electron chi connectivity index (χ0n) is 12.3. The van der Waals surface area contributed by atoms with Gasteiger partial charge in [-0.05, 0) is 25.3 Å². The highest BCUT2D eigenvalue weighted by molar-refractivity contribution is 5.72. The Bertz CT molecular complexity index is 778. The van der Waals surface area contributed by atoms with Crippen molar-refractivity contribution in [1.82, 2.24) is 19.1 Å². The van der Waals surface area contributed by atoms with E-state index in [0.717, 1.165) is 30.5 Å². The molecule has 0 spiro atoms. The molecule has 3 rings (SSSR count). The molecule has 3 heterocycles. The molecule has 0 aromatic carbocycles. The van der Waals surface area contributed by atoms with E-state index in [9.17, 15) is 9.59 Å². The summed E-state index contributed by atoms with van der Waals surface area (Å²) in [5, 5.41) is 0. The van der Waals surface area contributed by atoms with Gasteiger partial charge < -0.3 is 15.6 Å². The van der Waals surface area contributed by atoms with E-state index in [1.807, 2.05) is 0 Å². The van der Waals surface area contributed by atoms with Gasteiger partial charge in [-0.3, -0.25) is 13.9 Å². The molecule has 8 nitrogen and oxygen atoms in total.